The summed E-state index contributed by atoms with van der Waals surface area (Å²) in [5.41, 5.74) is 3.62. The molecule has 41 heavy (non-hydrogen) atoms. The number of carbonyl (C=O) groups is 3. The molecular formula is C30H37N5O5S. The van der Waals surface area contributed by atoms with Gasteiger partial charge in [0.05, 0.1) is 15.6 Å². The molecule has 0 radical (unpaired) electrons. The predicted molar refractivity (Wildman–Crippen MR) is 160 cm³/mol. The molecule has 3 amide bonds. The number of hydrogen-bond donors (Lipinski definition) is 1. The van der Waals surface area contributed by atoms with E-state index in [1.807, 2.05) is 57.2 Å². The van der Waals surface area contributed by atoms with Crippen LogP contribution in [0.1, 0.15) is 51.2 Å². The van der Waals surface area contributed by atoms with Crippen molar-refractivity contribution in [3.8, 4) is 11.1 Å². The highest BCUT2D eigenvalue weighted by atomic mass is 32.1. The fourth-order valence-corrected chi connectivity index (χ4v) is 5.14. The zero-order valence-corrected chi connectivity index (χ0v) is 25.2. The first kappa shape index (κ1) is 29.9. The van der Waals surface area contributed by atoms with Crippen LogP contribution < -0.4 is 15.3 Å². The molecule has 0 unspecified atom stereocenters. The SMILES string of the molecule is CC(C)(C)OC(=O)NN(C(=O)c1ccc(N2CCN(C(=O)OC(C)(C)C)CC2)s1)c1cccc(-c2ccncc2)c1. The zero-order chi connectivity index (χ0) is 29.8. The van der Waals surface area contributed by atoms with Crippen LogP contribution in [-0.2, 0) is 9.47 Å². The van der Waals surface area contributed by atoms with Crippen LogP contribution in [0.5, 0.6) is 0 Å². The number of piperazine rings is 1. The third-order valence-corrected chi connectivity index (χ3v) is 7.10. The van der Waals surface area contributed by atoms with Crippen molar-refractivity contribution in [1.29, 1.82) is 0 Å². The molecule has 1 N–H and O–H groups in total. The molecule has 0 atom stereocenters. The Bertz CT molecular complexity index is 1370. The normalized spacial score (nSPS) is 13.9. The van der Waals surface area contributed by atoms with E-state index in [2.05, 4.69) is 15.3 Å². The molecule has 1 fully saturated rings. The smallest absolute Gasteiger partial charge is 0.427 e. The Hall–Kier alpha value is -4.12. The molecule has 0 aliphatic carbocycles. The number of nitrogens with zero attached hydrogens (tertiary/aromatic N) is 4. The second kappa shape index (κ2) is 12.2. The highest BCUT2D eigenvalue weighted by Gasteiger charge is 2.29. The first-order valence-electron chi connectivity index (χ1n) is 13.5. The summed E-state index contributed by atoms with van der Waals surface area (Å²) in [5.74, 6) is -0.397. The molecule has 10 nitrogen and oxygen atoms in total. The molecule has 11 heteroatoms. The number of amides is 3. The maximum absolute atomic E-state index is 13.8. The minimum atomic E-state index is -0.741. The van der Waals surface area contributed by atoms with Crippen molar-refractivity contribution in [2.75, 3.05) is 36.1 Å². The Morgan fingerprint density at radius 1 is 0.854 bits per heavy atom. The molecule has 1 aliphatic rings. The van der Waals surface area contributed by atoms with Crippen LogP contribution in [0, 0.1) is 0 Å². The lowest BCUT2D eigenvalue weighted by atomic mass is 10.1. The molecule has 218 valence electrons. The number of carbonyl (C=O) groups excluding carboxylic acids is 3. The van der Waals surface area contributed by atoms with Crippen LogP contribution >= 0.6 is 11.3 Å². The van der Waals surface area contributed by atoms with Gasteiger partial charge in [0.25, 0.3) is 5.91 Å². The van der Waals surface area contributed by atoms with Crippen molar-refractivity contribution in [3.05, 3.63) is 65.8 Å². The van der Waals surface area contributed by atoms with Gasteiger partial charge in [-0.1, -0.05) is 12.1 Å². The highest BCUT2D eigenvalue weighted by Crippen LogP contribution is 2.30. The molecular weight excluding hydrogens is 542 g/mol. The number of rotatable bonds is 4. The molecule has 0 bridgehead atoms. The van der Waals surface area contributed by atoms with Gasteiger partial charge in [-0.15, -0.1) is 11.3 Å². The van der Waals surface area contributed by atoms with Gasteiger partial charge in [-0.2, -0.15) is 0 Å². The van der Waals surface area contributed by atoms with Crippen LogP contribution in [0.4, 0.5) is 20.3 Å². The summed E-state index contributed by atoms with van der Waals surface area (Å²) in [4.78, 5) is 47.4. The Labute approximate surface area is 244 Å². The van der Waals surface area contributed by atoms with Gasteiger partial charge in [0.1, 0.15) is 11.2 Å². The molecule has 1 aliphatic heterocycles. The standard InChI is InChI=1S/C30H37N5O5S/c1-29(2,3)39-27(37)32-35(23-9-7-8-22(20-23)21-12-14-31-15-13-21)26(36)24-10-11-25(41-24)33-16-18-34(19-17-33)28(38)40-30(4,5)6/h7-15,20H,16-19H2,1-6H3,(H,32,37). The first-order valence-corrected chi connectivity index (χ1v) is 14.3. The van der Waals surface area contributed by atoms with E-state index in [-0.39, 0.29) is 6.09 Å². The van der Waals surface area contributed by atoms with E-state index < -0.39 is 23.2 Å². The second-order valence-electron chi connectivity index (χ2n) is 11.6. The number of pyridine rings is 1. The van der Waals surface area contributed by atoms with Crippen molar-refractivity contribution in [2.24, 2.45) is 0 Å². The lowest BCUT2D eigenvalue weighted by Gasteiger charge is -2.36. The maximum atomic E-state index is 13.8. The topological polar surface area (TPSA) is 104 Å². The summed E-state index contributed by atoms with van der Waals surface area (Å²) >= 11 is 1.33. The summed E-state index contributed by atoms with van der Waals surface area (Å²) < 4.78 is 10.9. The number of benzene rings is 1. The molecule has 0 spiro atoms. The van der Waals surface area contributed by atoms with Gasteiger partial charge in [0.15, 0.2) is 0 Å². The molecule has 3 aromatic rings. The van der Waals surface area contributed by atoms with Crippen molar-refractivity contribution in [3.63, 3.8) is 0 Å². The molecule has 0 saturated carbocycles. The zero-order valence-electron chi connectivity index (χ0n) is 24.3. The quantitative estimate of drug-likeness (QED) is 0.381. The van der Waals surface area contributed by atoms with E-state index in [0.717, 1.165) is 16.1 Å². The number of nitrogens with one attached hydrogen (secondary N) is 1. The summed E-state index contributed by atoms with van der Waals surface area (Å²) in [6.45, 7) is 13.1. The van der Waals surface area contributed by atoms with E-state index in [0.29, 0.717) is 36.7 Å². The van der Waals surface area contributed by atoms with Gasteiger partial charge in [-0.3, -0.25) is 9.78 Å². The first-order chi connectivity index (χ1) is 19.3. The third-order valence-electron chi connectivity index (χ3n) is 5.97. The van der Waals surface area contributed by atoms with Gasteiger partial charge in [0.2, 0.25) is 0 Å². The summed E-state index contributed by atoms with van der Waals surface area (Å²) in [6, 6.07) is 14.7. The van der Waals surface area contributed by atoms with Gasteiger partial charge in [0, 0.05) is 38.6 Å². The molecule has 1 saturated heterocycles. The van der Waals surface area contributed by atoms with Gasteiger partial charge in [-0.05, 0) is 89.1 Å². The summed E-state index contributed by atoms with van der Waals surface area (Å²) in [6.07, 6.45) is 2.33. The molecule has 1 aromatic carbocycles. The Kier molecular flexibility index (Phi) is 8.86. The largest absolute Gasteiger partial charge is 0.444 e. The third kappa shape index (κ3) is 8.20. The van der Waals surface area contributed by atoms with Gasteiger partial charge < -0.3 is 19.3 Å². The van der Waals surface area contributed by atoms with Crippen molar-refractivity contribution in [2.45, 2.75) is 52.7 Å². The number of hydrogen-bond acceptors (Lipinski definition) is 8. The minimum absolute atomic E-state index is 0.322. The van der Waals surface area contributed by atoms with Crippen molar-refractivity contribution in [1.82, 2.24) is 15.3 Å². The summed E-state index contributed by atoms with van der Waals surface area (Å²) in [5, 5.41) is 2.12. The number of hydrazine groups is 1. The molecule has 4 rings (SSSR count). The van der Waals surface area contributed by atoms with Crippen molar-refractivity contribution < 1.29 is 23.9 Å². The number of aromatic nitrogens is 1. The van der Waals surface area contributed by atoms with E-state index in [4.69, 9.17) is 9.47 Å². The second-order valence-corrected chi connectivity index (χ2v) is 12.7. The Balaban J connectivity index is 1.53. The minimum Gasteiger partial charge on any atom is -0.444 e. The van der Waals surface area contributed by atoms with Crippen LogP contribution in [0.3, 0.4) is 0 Å². The molecule has 3 heterocycles. The van der Waals surface area contributed by atoms with Crippen LogP contribution in [0.2, 0.25) is 0 Å². The van der Waals surface area contributed by atoms with E-state index in [1.165, 1.54) is 16.3 Å². The lowest BCUT2D eigenvalue weighted by Crippen LogP contribution is -2.50. The lowest BCUT2D eigenvalue weighted by molar-refractivity contribution is 0.0240. The number of anilines is 2. The van der Waals surface area contributed by atoms with Crippen LogP contribution in [0.15, 0.2) is 60.9 Å². The van der Waals surface area contributed by atoms with Gasteiger partial charge in [-0.25, -0.2) is 20.0 Å². The molecule has 2 aromatic heterocycles. The van der Waals surface area contributed by atoms with E-state index >= 15 is 0 Å². The van der Waals surface area contributed by atoms with Gasteiger partial charge >= 0.3 is 12.2 Å². The van der Waals surface area contributed by atoms with E-state index in [1.54, 1.807) is 50.2 Å². The number of ether oxygens (including phenoxy) is 2. The van der Waals surface area contributed by atoms with Crippen LogP contribution in [-0.4, -0.2) is 65.4 Å². The maximum Gasteiger partial charge on any atom is 0.427 e. The fraction of sp³-hybridized carbons (Fsp3) is 0.400. The van der Waals surface area contributed by atoms with Crippen molar-refractivity contribution >= 4 is 40.1 Å². The summed E-state index contributed by atoms with van der Waals surface area (Å²) in [7, 11) is 0. The number of thiophene rings is 1. The Morgan fingerprint density at radius 2 is 1.51 bits per heavy atom. The van der Waals surface area contributed by atoms with E-state index in [9.17, 15) is 14.4 Å². The predicted octanol–water partition coefficient (Wildman–Crippen LogP) is 5.95. The fourth-order valence-electron chi connectivity index (χ4n) is 4.15. The van der Waals surface area contributed by atoms with Crippen LogP contribution in [0.25, 0.3) is 11.1 Å². The monoisotopic (exact) mass is 579 g/mol. The highest BCUT2D eigenvalue weighted by molar-refractivity contribution is 7.18. The Morgan fingerprint density at radius 3 is 2.15 bits per heavy atom. The average molecular weight is 580 g/mol. The average Bonchev–Trinajstić information content (AvgIpc) is 3.41.